The first kappa shape index (κ1) is 16.1. The number of rotatable bonds is 8. The van der Waals surface area contributed by atoms with Crippen LogP contribution in [0.5, 0.6) is 0 Å². The smallest absolute Gasteiger partial charge is 0.0803 e. The average Bonchev–Trinajstić information content (AvgIpc) is 3.06. The van der Waals surface area contributed by atoms with Crippen LogP contribution in [0.1, 0.15) is 55.2 Å². The normalized spacial score (nSPS) is 12.8. The molecule has 1 unspecified atom stereocenters. The van der Waals surface area contributed by atoms with E-state index in [0.717, 1.165) is 43.6 Å². The van der Waals surface area contributed by atoms with E-state index in [9.17, 15) is 0 Å². The summed E-state index contributed by atoms with van der Waals surface area (Å²) >= 11 is 1.52. The van der Waals surface area contributed by atoms with Gasteiger partial charge in [0.25, 0.3) is 0 Å². The summed E-state index contributed by atoms with van der Waals surface area (Å²) in [6, 6.07) is 2.48. The quantitative estimate of drug-likeness (QED) is 0.814. The van der Waals surface area contributed by atoms with Crippen LogP contribution in [0.2, 0.25) is 0 Å². The average molecular weight is 307 g/mol. The fourth-order valence-electron chi connectivity index (χ4n) is 2.54. The van der Waals surface area contributed by atoms with Crippen molar-refractivity contribution in [2.75, 3.05) is 6.54 Å². The summed E-state index contributed by atoms with van der Waals surface area (Å²) in [5.41, 5.74) is 3.55. The molecule has 0 saturated heterocycles. The topological polar surface area (TPSA) is 55.6 Å². The molecule has 116 valence electrons. The van der Waals surface area contributed by atoms with E-state index in [4.69, 9.17) is 0 Å². The van der Waals surface area contributed by atoms with E-state index in [-0.39, 0.29) is 6.04 Å². The molecule has 0 aliphatic carbocycles. The van der Waals surface area contributed by atoms with Crippen molar-refractivity contribution in [2.45, 2.75) is 52.5 Å². The zero-order valence-electron chi connectivity index (χ0n) is 13.4. The van der Waals surface area contributed by atoms with Gasteiger partial charge < -0.3 is 5.32 Å². The van der Waals surface area contributed by atoms with Gasteiger partial charge in [-0.05, 0) is 37.0 Å². The molecule has 0 fully saturated rings. The van der Waals surface area contributed by atoms with Crippen LogP contribution in [-0.2, 0) is 26.3 Å². The van der Waals surface area contributed by atoms with Crippen molar-refractivity contribution >= 4 is 11.5 Å². The molecule has 0 spiro atoms. The first-order valence-electron chi connectivity index (χ1n) is 7.75. The van der Waals surface area contributed by atoms with Crippen LogP contribution >= 0.6 is 11.5 Å². The molecule has 5 nitrogen and oxygen atoms in total. The van der Waals surface area contributed by atoms with Crippen molar-refractivity contribution < 1.29 is 0 Å². The molecule has 2 aromatic heterocycles. The molecular formula is C15H25N5S. The monoisotopic (exact) mass is 307 g/mol. The SMILES string of the molecule is CCCc1nnsc1C(Cc1cc(CC)nn1C)NCC. The highest BCUT2D eigenvalue weighted by Crippen LogP contribution is 2.25. The summed E-state index contributed by atoms with van der Waals surface area (Å²) in [5, 5.41) is 12.4. The van der Waals surface area contributed by atoms with Crippen LogP contribution in [0.15, 0.2) is 6.07 Å². The second-order valence-electron chi connectivity index (χ2n) is 5.25. The highest BCUT2D eigenvalue weighted by Gasteiger charge is 2.20. The lowest BCUT2D eigenvalue weighted by Crippen LogP contribution is -2.24. The number of aromatic nitrogens is 4. The van der Waals surface area contributed by atoms with Gasteiger partial charge in [0, 0.05) is 19.2 Å². The first-order chi connectivity index (χ1) is 10.2. The molecular weight excluding hydrogens is 282 g/mol. The molecule has 21 heavy (non-hydrogen) atoms. The van der Waals surface area contributed by atoms with Crippen molar-refractivity contribution in [1.29, 1.82) is 0 Å². The van der Waals surface area contributed by atoms with Gasteiger partial charge in [-0.15, -0.1) is 5.10 Å². The molecule has 0 aromatic carbocycles. The Morgan fingerprint density at radius 3 is 2.76 bits per heavy atom. The molecule has 2 rings (SSSR count). The van der Waals surface area contributed by atoms with E-state index >= 15 is 0 Å². The molecule has 0 amide bonds. The van der Waals surface area contributed by atoms with Gasteiger partial charge >= 0.3 is 0 Å². The van der Waals surface area contributed by atoms with E-state index < -0.39 is 0 Å². The molecule has 0 saturated carbocycles. The summed E-state index contributed by atoms with van der Waals surface area (Å²) in [7, 11) is 2.02. The highest BCUT2D eigenvalue weighted by molar-refractivity contribution is 7.05. The third kappa shape index (κ3) is 3.89. The van der Waals surface area contributed by atoms with Crippen LogP contribution in [-0.4, -0.2) is 25.9 Å². The number of nitrogens with one attached hydrogen (secondary N) is 1. The zero-order valence-corrected chi connectivity index (χ0v) is 14.2. The summed E-state index contributed by atoms with van der Waals surface area (Å²) in [6.07, 6.45) is 4.00. The number of hydrogen-bond acceptors (Lipinski definition) is 5. The van der Waals surface area contributed by atoms with Crippen molar-refractivity contribution in [3.8, 4) is 0 Å². The number of likely N-dealkylation sites (N-methyl/N-ethyl adjacent to an activating group) is 1. The van der Waals surface area contributed by atoms with Crippen LogP contribution in [0, 0.1) is 0 Å². The van der Waals surface area contributed by atoms with Gasteiger partial charge in [-0.25, -0.2) is 0 Å². The standard InChI is InChI=1S/C15H25N5S/c1-5-8-13-15(21-19-17-13)14(16-7-3)10-12-9-11(6-2)18-20(12)4/h9,14,16H,5-8,10H2,1-4H3. The first-order valence-corrected chi connectivity index (χ1v) is 8.53. The Labute approximate surface area is 130 Å². The zero-order chi connectivity index (χ0) is 15.2. The number of nitrogens with zero attached hydrogens (tertiary/aromatic N) is 4. The molecule has 1 N–H and O–H groups in total. The Balaban J connectivity index is 2.22. The van der Waals surface area contributed by atoms with E-state index in [1.807, 2.05) is 11.7 Å². The van der Waals surface area contributed by atoms with Gasteiger partial charge in [0.05, 0.1) is 22.3 Å². The molecule has 0 aliphatic heterocycles. The minimum Gasteiger partial charge on any atom is -0.309 e. The number of hydrogen-bond donors (Lipinski definition) is 1. The summed E-state index contributed by atoms with van der Waals surface area (Å²) < 4.78 is 6.16. The molecule has 2 aromatic rings. The fourth-order valence-corrected chi connectivity index (χ4v) is 3.31. The Bertz CT molecular complexity index is 560. The summed E-state index contributed by atoms with van der Waals surface area (Å²) in [4.78, 5) is 1.28. The molecule has 1 atom stereocenters. The second kappa shape index (κ2) is 7.66. The Kier molecular flexibility index (Phi) is 5.87. The maximum atomic E-state index is 4.54. The lowest BCUT2D eigenvalue weighted by molar-refractivity contribution is 0.530. The lowest BCUT2D eigenvalue weighted by atomic mass is 10.1. The van der Waals surface area contributed by atoms with Gasteiger partial charge in [-0.3, -0.25) is 4.68 Å². The Morgan fingerprint density at radius 1 is 1.33 bits per heavy atom. The number of aryl methyl sites for hydroxylation is 3. The van der Waals surface area contributed by atoms with E-state index in [1.165, 1.54) is 22.1 Å². The van der Waals surface area contributed by atoms with Crippen LogP contribution in [0.4, 0.5) is 0 Å². The third-order valence-electron chi connectivity index (χ3n) is 3.64. The maximum absolute atomic E-state index is 4.54. The minimum atomic E-state index is 0.275. The molecule has 0 aliphatic rings. The van der Waals surface area contributed by atoms with Gasteiger partial charge in [-0.2, -0.15) is 5.10 Å². The van der Waals surface area contributed by atoms with E-state index in [2.05, 4.69) is 46.8 Å². The lowest BCUT2D eigenvalue weighted by Gasteiger charge is -2.17. The third-order valence-corrected chi connectivity index (χ3v) is 4.52. The van der Waals surface area contributed by atoms with E-state index in [1.54, 1.807) is 0 Å². The van der Waals surface area contributed by atoms with Gasteiger partial charge in [0.15, 0.2) is 0 Å². The van der Waals surface area contributed by atoms with Gasteiger partial charge in [-0.1, -0.05) is 31.7 Å². The molecule has 2 heterocycles. The molecule has 6 heteroatoms. The van der Waals surface area contributed by atoms with Gasteiger partial charge in [0.1, 0.15) is 0 Å². The van der Waals surface area contributed by atoms with Crippen molar-refractivity contribution in [3.63, 3.8) is 0 Å². The Hall–Kier alpha value is -1.27. The summed E-state index contributed by atoms with van der Waals surface area (Å²) in [6.45, 7) is 7.40. The van der Waals surface area contributed by atoms with Crippen LogP contribution in [0.25, 0.3) is 0 Å². The largest absolute Gasteiger partial charge is 0.309 e. The molecule has 0 bridgehead atoms. The maximum Gasteiger partial charge on any atom is 0.0803 e. The molecule has 0 radical (unpaired) electrons. The predicted molar refractivity (Wildman–Crippen MR) is 86.6 cm³/mol. The van der Waals surface area contributed by atoms with Gasteiger partial charge in [0.2, 0.25) is 0 Å². The van der Waals surface area contributed by atoms with Crippen LogP contribution < -0.4 is 5.32 Å². The van der Waals surface area contributed by atoms with E-state index in [0.29, 0.717) is 0 Å². The highest BCUT2D eigenvalue weighted by atomic mass is 32.1. The van der Waals surface area contributed by atoms with Crippen molar-refractivity contribution in [2.24, 2.45) is 7.05 Å². The predicted octanol–water partition coefficient (Wildman–Crippen LogP) is 2.68. The second-order valence-corrected chi connectivity index (χ2v) is 6.04. The van der Waals surface area contributed by atoms with Crippen molar-refractivity contribution in [1.82, 2.24) is 24.7 Å². The Morgan fingerprint density at radius 2 is 2.14 bits per heavy atom. The van der Waals surface area contributed by atoms with Crippen molar-refractivity contribution in [3.05, 3.63) is 28.0 Å². The minimum absolute atomic E-state index is 0.275. The summed E-state index contributed by atoms with van der Waals surface area (Å²) in [5.74, 6) is 0. The fraction of sp³-hybridized carbons (Fsp3) is 0.667. The van der Waals surface area contributed by atoms with Crippen LogP contribution in [0.3, 0.4) is 0 Å².